The van der Waals surface area contributed by atoms with Gasteiger partial charge >= 0.3 is 0 Å². The summed E-state index contributed by atoms with van der Waals surface area (Å²) in [4.78, 5) is 23.0. The third kappa shape index (κ3) is 4.99. The molecule has 0 saturated heterocycles. The van der Waals surface area contributed by atoms with Gasteiger partial charge in [-0.15, -0.1) is 0 Å². The summed E-state index contributed by atoms with van der Waals surface area (Å²) in [5.74, 6) is 0.402. The number of carbonyl (C=O) groups is 2. The minimum absolute atomic E-state index is 0.114. The highest BCUT2D eigenvalue weighted by Gasteiger charge is 2.11. The summed E-state index contributed by atoms with van der Waals surface area (Å²) >= 11 is 0. The number of nitrogens with two attached hydrogens (primary N) is 1. The minimum atomic E-state index is -0.208. The number of hydrogen-bond donors (Lipinski definition) is 2. The second-order valence-electron chi connectivity index (χ2n) is 4.80. The lowest BCUT2D eigenvalue weighted by Gasteiger charge is -2.11. The Bertz CT molecular complexity index is 470. The molecule has 1 aromatic carbocycles. The van der Waals surface area contributed by atoms with Gasteiger partial charge in [0.15, 0.2) is 12.4 Å². The smallest absolute Gasteiger partial charge is 0.257 e. The van der Waals surface area contributed by atoms with E-state index in [0.717, 1.165) is 0 Å². The van der Waals surface area contributed by atoms with Crippen LogP contribution in [0, 0.1) is 5.92 Å². The summed E-state index contributed by atoms with van der Waals surface area (Å²) in [5.41, 5.74) is 6.49. The van der Waals surface area contributed by atoms with Crippen LogP contribution < -0.4 is 15.8 Å². The Labute approximate surface area is 113 Å². The Morgan fingerprint density at radius 1 is 1.37 bits per heavy atom. The maximum absolute atomic E-state index is 11.5. The molecule has 0 unspecified atom stereocenters. The van der Waals surface area contributed by atoms with Crippen molar-refractivity contribution in [3.05, 3.63) is 23.8 Å². The molecular formula is C14H20N2O3. The van der Waals surface area contributed by atoms with Gasteiger partial charge in [-0.1, -0.05) is 13.8 Å². The number of anilines is 1. The van der Waals surface area contributed by atoms with E-state index in [1.165, 1.54) is 6.92 Å². The molecule has 0 saturated carbocycles. The van der Waals surface area contributed by atoms with Crippen LogP contribution in [0.2, 0.25) is 0 Å². The first-order chi connectivity index (χ1) is 8.90. The number of benzene rings is 1. The second kappa shape index (κ2) is 6.78. The number of rotatable bonds is 6. The number of Topliss-reactive ketones (excluding diaryl/α,β-unsaturated/α-hetero) is 1. The number of amides is 1. The lowest BCUT2D eigenvalue weighted by Crippen LogP contribution is -2.31. The van der Waals surface area contributed by atoms with Crippen molar-refractivity contribution in [1.82, 2.24) is 5.32 Å². The quantitative estimate of drug-likeness (QED) is 0.604. The van der Waals surface area contributed by atoms with E-state index in [1.54, 1.807) is 18.2 Å². The number of nitrogen functional groups attached to an aromatic ring is 1. The van der Waals surface area contributed by atoms with E-state index in [4.69, 9.17) is 10.5 Å². The SMILES string of the molecule is CC(=O)c1cc(N)ccc1OCC(=O)NCC(C)C. The van der Waals surface area contributed by atoms with E-state index in [1.807, 2.05) is 13.8 Å². The first-order valence-corrected chi connectivity index (χ1v) is 6.20. The average Bonchev–Trinajstić information content (AvgIpc) is 2.34. The van der Waals surface area contributed by atoms with Gasteiger partial charge in [0.05, 0.1) is 5.56 Å². The van der Waals surface area contributed by atoms with Crippen LogP contribution in [-0.4, -0.2) is 24.8 Å². The molecule has 0 aliphatic rings. The molecule has 1 amide bonds. The summed E-state index contributed by atoms with van der Waals surface area (Å²) < 4.78 is 5.36. The van der Waals surface area contributed by atoms with Gasteiger partial charge in [0.2, 0.25) is 0 Å². The van der Waals surface area contributed by atoms with Crippen LogP contribution in [0.25, 0.3) is 0 Å². The number of hydrogen-bond acceptors (Lipinski definition) is 4. The fraction of sp³-hybridized carbons (Fsp3) is 0.429. The highest BCUT2D eigenvalue weighted by Crippen LogP contribution is 2.21. The normalized spacial score (nSPS) is 10.3. The fourth-order valence-corrected chi connectivity index (χ4v) is 1.46. The van der Waals surface area contributed by atoms with Crippen LogP contribution in [0.5, 0.6) is 5.75 Å². The van der Waals surface area contributed by atoms with Crippen LogP contribution in [0.15, 0.2) is 18.2 Å². The van der Waals surface area contributed by atoms with Crippen molar-refractivity contribution >= 4 is 17.4 Å². The van der Waals surface area contributed by atoms with Gasteiger partial charge in [0.25, 0.3) is 5.91 Å². The molecule has 104 valence electrons. The van der Waals surface area contributed by atoms with Crippen LogP contribution in [-0.2, 0) is 4.79 Å². The molecule has 1 rings (SSSR count). The van der Waals surface area contributed by atoms with Crippen LogP contribution in [0.3, 0.4) is 0 Å². The van der Waals surface area contributed by atoms with Gasteiger partial charge in [-0.2, -0.15) is 0 Å². The lowest BCUT2D eigenvalue weighted by molar-refractivity contribution is -0.123. The molecule has 0 fully saturated rings. The van der Waals surface area contributed by atoms with Crippen LogP contribution >= 0.6 is 0 Å². The summed E-state index contributed by atoms with van der Waals surface area (Å²) in [6.07, 6.45) is 0. The maximum atomic E-state index is 11.5. The predicted molar refractivity (Wildman–Crippen MR) is 74.2 cm³/mol. The highest BCUT2D eigenvalue weighted by molar-refractivity contribution is 5.97. The molecular weight excluding hydrogens is 244 g/mol. The molecule has 0 aliphatic carbocycles. The van der Waals surface area contributed by atoms with Crippen molar-refractivity contribution in [1.29, 1.82) is 0 Å². The number of carbonyl (C=O) groups excluding carboxylic acids is 2. The standard InChI is InChI=1S/C14H20N2O3/c1-9(2)7-16-14(18)8-19-13-5-4-11(15)6-12(13)10(3)17/h4-6,9H,7-8,15H2,1-3H3,(H,16,18). The molecule has 3 N–H and O–H groups in total. The Hall–Kier alpha value is -2.04. The molecule has 5 heteroatoms. The maximum Gasteiger partial charge on any atom is 0.257 e. The van der Waals surface area contributed by atoms with Crippen LogP contribution in [0.1, 0.15) is 31.1 Å². The number of nitrogens with one attached hydrogen (secondary N) is 1. The predicted octanol–water partition coefficient (Wildman–Crippen LogP) is 1.62. The van der Waals surface area contributed by atoms with Crippen LogP contribution in [0.4, 0.5) is 5.69 Å². The Morgan fingerprint density at radius 2 is 2.05 bits per heavy atom. The average molecular weight is 264 g/mol. The third-order valence-electron chi connectivity index (χ3n) is 2.45. The summed E-state index contributed by atoms with van der Waals surface area (Å²) in [6, 6.07) is 4.78. The first kappa shape index (κ1) is 15.0. The van der Waals surface area contributed by atoms with E-state index >= 15 is 0 Å². The van der Waals surface area contributed by atoms with Gasteiger partial charge in [-0.3, -0.25) is 9.59 Å². The van der Waals surface area contributed by atoms with E-state index < -0.39 is 0 Å². The zero-order chi connectivity index (χ0) is 14.4. The third-order valence-corrected chi connectivity index (χ3v) is 2.45. The molecule has 1 aromatic rings. The molecule has 0 heterocycles. The van der Waals surface area contributed by atoms with Gasteiger partial charge in [0, 0.05) is 12.2 Å². The van der Waals surface area contributed by atoms with E-state index in [0.29, 0.717) is 29.5 Å². The minimum Gasteiger partial charge on any atom is -0.483 e. The highest BCUT2D eigenvalue weighted by atomic mass is 16.5. The Balaban J connectivity index is 2.62. The van der Waals surface area contributed by atoms with Gasteiger partial charge < -0.3 is 15.8 Å². The van der Waals surface area contributed by atoms with Crippen molar-refractivity contribution in [2.75, 3.05) is 18.9 Å². The lowest BCUT2D eigenvalue weighted by atomic mass is 10.1. The summed E-state index contributed by atoms with van der Waals surface area (Å²) in [7, 11) is 0. The number of ether oxygens (including phenoxy) is 1. The number of ketones is 1. The largest absolute Gasteiger partial charge is 0.483 e. The molecule has 5 nitrogen and oxygen atoms in total. The van der Waals surface area contributed by atoms with Crippen molar-refractivity contribution in [3.8, 4) is 5.75 Å². The molecule has 0 radical (unpaired) electrons. The Kier molecular flexibility index (Phi) is 5.36. The van der Waals surface area contributed by atoms with Crippen molar-refractivity contribution < 1.29 is 14.3 Å². The van der Waals surface area contributed by atoms with E-state index in [2.05, 4.69) is 5.32 Å². The van der Waals surface area contributed by atoms with Gasteiger partial charge in [-0.25, -0.2) is 0 Å². The summed E-state index contributed by atoms with van der Waals surface area (Å²) in [6.45, 7) is 5.94. The fourth-order valence-electron chi connectivity index (χ4n) is 1.46. The molecule has 19 heavy (non-hydrogen) atoms. The van der Waals surface area contributed by atoms with E-state index in [9.17, 15) is 9.59 Å². The summed E-state index contributed by atoms with van der Waals surface area (Å²) in [5, 5.41) is 2.74. The van der Waals surface area contributed by atoms with E-state index in [-0.39, 0.29) is 18.3 Å². The molecule has 0 atom stereocenters. The van der Waals surface area contributed by atoms with Gasteiger partial charge in [0.1, 0.15) is 5.75 Å². The van der Waals surface area contributed by atoms with Crippen molar-refractivity contribution in [2.24, 2.45) is 5.92 Å². The zero-order valence-electron chi connectivity index (χ0n) is 11.5. The monoisotopic (exact) mass is 264 g/mol. The molecule has 0 aliphatic heterocycles. The first-order valence-electron chi connectivity index (χ1n) is 6.20. The molecule has 0 aromatic heterocycles. The second-order valence-corrected chi connectivity index (χ2v) is 4.80. The topological polar surface area (TPSA) is 81.4 Å². The van der Waals surface area contributed by atoms with Crippen molar-refractivity contribution in [3.63, 3.8) is 0 Å². The van der Waals surface area contributed by atoms with Gasteiger partial charge in [-0.05, 0) is 31.0 Å². The molecule has 0 bridgehead atoms. The molecule has 0 spiro atoms. The van der Waals surface area contributed by atoms with Crippen molar-refractivity contribution in [2.45, 2.75) is 20.8 Å². The Morgan fingerprint density at radius 3 is 2.63 bits per heavy atom. The zero-order valence-corrected chi connectivity index (χ0v) is 11.5.